The van der Waals surface area contributed by atoms with Crippen LogP contribution in [0, 0.1) is 17.5 Å². The summed E-state index contributed by atoms with van der Waals surface area (Å²) in [5, 5.41) is 3.01. The van der Waals surface area contributed by atoms with Crippen molar-refractivity contribution >= 4 is 0 Å². The highest BCUT2D eigenvalue weighted by molar-refractivity contribution is 5.19. The quantitative estimate of drug-likeness (QED) is 0.648. The summed E-state index contributed by atoms with van der Waals surface area (Å²) in [5.41, 5.74) is 0.140. The second-order valence-corrected chi connectivity index (χ2v) is 4.46. The topological polar surface area (TPSA) is 21.3 Å². The SMILES string of the molecule is Fc1cc(F)c(CNCCC2CCCO2)cc1F. The molecule has 1 fully saturated rings. The van der Waals surface area contributed by atoms with Crippen LogP contribution in [0.4, 0.5) is 13.2 Å². The molecule has 0 bridgehead atoms. The molecule has 1 N–H and O–H groups in total. The fraction of sp³-hybridized carbons (Fsp3) is 0.538. The molecule has 0 aliphatic carbocycles. The maximum Gasteiger partial charge on any atom is 0.161 e. The highest BCUT2D eigenvalue weighted by Crippen LogP contribution is 2.15. The minimum atomic E-state index is -1.16. The summed E-state index contributed by atoms with van der Waals surface area (Å²) in [4.78, 5) is 0. The van der Waals surface area contributed by atoms with Crippen LogP contribution in [-0.2, 0) is 11.3 Å². The van der Waals surface area contributed by atoms with Crippen LogP contribution in [0.1, 0.15) is 24.8 Å². The molecule has 1 atom stereocenters. The molecule has 1 saturated heterocycles. The molecule has 1 aromatic rings. The van der Waals surface area contributed by atoms with Crippen LogP contribution in [-0.4, -0.2) is 19.3 Å². The number of halogens is 3. The van der Waals surface area contributed by atoms with Gasteiger partial charge in [-0.25, -0.2) is 13.2 Å². The third kappa shape index (κ3) is 3.46. The summed E-state index contributed by atoms with van der Waals surface area (Å²) < 4.78 is 44.4. The first-order chi connectivity index (χ1) is 8.66. The van der Waals surface area contributed by atoms with E-state index in [0.717, 1.165) is 31.9 Å². The second kappa shape index (κ2) is 6.20. The lowest BCUT2D eigenvalue weighted by atomic mass is 10.1. The smallest absolute Gasteiger partial charge is 0.161 e. The first kappa shape index (κ1) is 13.4. The lowest BCUT2D eigenvalue weighted by Crippen LogP contribution is -2.20. The summed E-state index contributed by atoms with van der Waals surface area (Å²) >= 11 is 0. The van der Waals surface area contributed by atoms with E-state index in [2.05, 4.69) is 5.32 Å². The highest BCUT2D eigenvalue weighted by Gasteiger charge is 2.14. The zero-order chi connectivity index (χ0) is 13.0. The maximum atomic E-state index is 13.3. The Bertz CT molecular complexity index is 405. The molecule has 0 amide bonds. The van der Waals surface area contributed by atoms with Crippen LogP contribution in [0.2, 0.25) is 0 Å². The number of hydrogen-bond donors (Lipinski definition) is 1. The minimum absolute atomic E-state index is 0.140. The van der Waals surface area contributed by atoms with Crippen LogP contribution in [0.15, 0.2) is 12.1 Å². The second-order valence-electron chi connectivity index (χ2n) is 4.46. The first-order valence-corrected chi connectivity index (χ1v) is 6.12. The molecule has 0 saturated carbocycles. The Kier molecular flexibility index (Phi) is 4.60. The lowest BCUT2D eigenvalue weighted by Gasteiger charge is -2.10. The van der Waals surface area contributed by atoms with Crippen LogP contribution in [0.3, 0.4) is 0 Å². The van der Waals surface area contributed by atoms with Crippen molar-refractivity contribution in [2.24, 2.45) is 0 Å². The van der Waals surface area contributed by atoms with Crippen LogP contribution in [0.5, 0.6) is 0 Å². The van der Waals surface area contributed by atoms with E-state index in [1.54, 1.807) is 0 Å². The van der Waals surface area contributed by atoms with Crippen LogP contribution in [0.25, 0.3) is 0 Å². The van der Waals surface area contributed by atoms with E-state index >= 15 is 0 Å². The number of nitrogens with one attached hydrogen (secondary N) is 1. The summed E-state index contributed by atoms with van der Waals surface area (Å²) in [6.45, 7) is 1.67. The molecule has 1 aliphatic heterocycles. The molecule has 0 radical (unpaired) electrons. The van der Waals surface area contributed by atoms with Gasteiger partial charge in [0.1, 0.15) is 5.82 Å². The average molecular weight is 259 g/mol. The Hall–Kier alpha value is -1.07. The minimum Gasteiger partial charge on any atom is -0.378 e. The Morgan fingerprint density at radius 3 is 2.67 bits per heavy atom. The van der Waals surface area contributed by atoms with Crippen molar-refractivity contribution in [1.29, 1.82) is 0 Å². The van der Waals surface area contributed by atoms with Gasteiger partial charge in [0, 0.05) is 24.8 Å². The predicted octanol–water partition coefficient (Wildman–Crippen LogP) is 2.76. The van der Waals surface area contributed by atoms with Gasteiger partial charge in [0.15, 0.2) is 11.6 Å². The van der Waals surface area contributed by atoms with Gasteiger partial charge in [-0.1, -0.05) is 0 Å². The van der Waals surface area contributed by atoms with Gasteiger partial charge >= 0.3 is 0 Å². The van der Waals surface area contributed by atoms with Crippen molar-refractivity contribution in [3.63, 3.8) is 0 Å². The largest absolute Gasteiger partial charge is 0.378 e. The van der Waals surface area contributed by atoms with E-state index in [-0.39, 0.29) is 18.2 Å². The van der Waals surface area contributed by atoms with Crippen LogP contribution >= 0.6 is 0 Å². The Balaban J connectivity index is 1.77. The highest BCUT2D eigenvalue weighted by atomic mass is 19.2. The maximum absolute atomic E-state index is 13.3. The van der Waals surface area contributed by atoms with Crippen molar-refractivity contribution < 1.29 is 17.9 Å². The zero-order valence-corrected chi connectivity index (χ0v) is 10.0. The predicted molar refractivity (Wildman–Crippen MR) is 61.6 cm³/mol. The number of rotatable bonds is 5. The molecule has 100 valence electrons. The molecule has 0 spiro atoms. The van der Waals surface area contributed by atoms with E-state index in [0.29, 0.717) is 12.6 Å². The number of ether oxygens (including phenoxy) is 1. The van der Waals surface area contributed by atoms with Crippen molar-refractivity contribution in [2.75, 3.05) is 13.2 Å². The number of benzene rings is 1. The molecule has 5 heteroatoms. The van der Waals surface area contributed by atoms with E-state index in [1.165, 1.54) is 0 Å². The van der Waals surface area contributed by atoms with Gasteiger partial charge in [0.05, 0.1) is 6.10 Å². The van der Waals surface area contributed by atoms with E-state index in [4.69, 9.17) is 4.74 Å². The Morgan fingerprint density at radius 2 is 1.94 bits per heavy atom. The van der Waals surface area contributed by atoms with Gasteiger partial charge in [-0.2, -0.15) is 0 Å². The van der Waals surface area contributed by atoms with Gasteiger partial charge in [-0.3, -0.25) is 0 Å². The Morgan fingerprint density at radius 1 is 1.17 bits per heavy atom. The molecule has 2 rings (SSSR count). The molecule has 1 aromatic carbocycles. The summed E-state index contributed by atoms with van der Waals surface area (Å²) in [5.74, 6) is -2.90. The normalized spacial score (nSPS) is 19.4. The Labute approximate surface area is 104 Å². The fourth-order valence-electron chi connectivity index (χ4n) is 2.06. The third-order valence-corrected chi connectivity index (χ3v) is 3.07. The molecule has 1 heterocycles. The molecule has 0 aromatic heterocycles. The van der Waals surface area contributed by atoms with Crippen molar-refractivity contribution in [3.05, 3.63) is 35.1 Å². The molecule has 2 nitrogen and oxygen atoms in total. The molecule has 1 aliphatic rings. The van der Waals surface area contributed by atoms with Crippen LogP contribution < -0.4 is 5.32 Å². The molecule has 18 heavy (non-hydrogen) atoms. The van der Waals surface area contributed by atoms with E-state index in [1.807, 2.05) is 0 Å². The van der Waals surface area contributed by atoms with Gasteiger partial charge in [0.2, 0.25) is 0 Å². The summed E-state index contributed by atoms with van der Waals surface area (Å²) in [6, 6.07) is 1.47. The zero-order valence-electron chi connectivity index (χ0n) is 10.0. The summed E-state index contributed by atoms with van der Waals surface area (Å²) in [7, 11) is 0. The van der Waals surface area contributed by atoms with Crippen molar-refractivity contribution in [1.82, 2.24) is 5.32 Å². The molecule has 1 unspecified atom stereocenters. The lowest BCUT2D eigenvalue weighted by molar-refractivity contribution is 0.104. The standard InChI is InChI=1S/C13H16F3NO/c14-11-7-13(16)12(15)6-9(11)8-17-4-3-10-2-1-5-18-10/h6-7,10,17H,1-5,8H2. The van der Waals surface area contributed by atoms with Gasteiger partial charge in [-0.15, -0.1) is 0 Å². The van der Waals surface area contributed by atoms with Gasteiger partial charge in [-0.05, 0) is 31.9 Å². The molecular weight excluding hydrogens is 243 g/mol. The first-order valence-electron chi connectivity index (χ1n) is 6.12. The van der Waals surface area contributed by atoms with E-state index in [9.17, 15) is 13.2 Å². The van der Waals surface area contributed by atoms with Crippen molar-refractivity contribution in [2.45, 2.75) is 31.9 Å². The molecular formula is C13H16F3NO. The van der Waals surface area contributed by atoms with E-state index < -0.39 is 17.5 Å². The van der Waals surface area contributed by atoms with Crippen molar-refractivity contribution in [3.8, 4) is 0 Å². The summed E-state index contributed by atoms with van der Waals surface area (Å²) in [6.07, 6.45) is 3.27. The van der Waals surface area contributed by atoms with Gasteiger partial charge in [0.25, 0.3) is 0 Å². The average Bonchev–Trinajstić information content (AvgIpc) is 2.84. The fourth-order valence-corrected chi connectivity index (χ4v) is 2.06. The third-order valence-electron chi connectivity index (χ3n) is 3.07. The van der Waals surface area contributed by atoms with Gasteiger partial charge < -0.3 is 10.1 Å². The number of hydrogen-bond acceptors (Lipinski definition) is 2. The monoisotopic (exact) mass is 259 g/mol.